The average molecular weight is 307 g/mol. The van der Waals surface area contributed by atoms with Gasteiger partial charge >= 0.3 is 5.97 Å². The number of hydrogen-bond acceptors (Lipinski definition) is 3. The van der Waals surface area contributed by atoms with Crippen LogP contribution in [0.1, 0.15) is 57.7 Å². The lowest BCUT2D eigenvalue weighted by Crippen LogP contribution is -2.23. The number of nitrogens with zero attached hydrogens (tertiary/aromatic N) is 2. The molecule has 0 aliphatic heterocycles. The standard InChI is InChI=1S/C17H29N3O2/c1-12-3-5-16(6-4-12)20-10-15(19-11-20)8-14(17(21)22)7-13(2)9-18/h10-14,16H,3-9,18H2,1-2H3,(H,21,22)/t12?,13-,14+,16?/m0/s1. The number of aliphatic carboxylic acids is 1. The summed E-state index contributed by atoms with van der Waals surface area (Å²) in [6.07, 6.45) is 9.96. The Bertz CT molecular complexity index is 478. The molecular formula is C17H29N3O2. The van der Waals surface area contributed by atoms with E-state index in [1.807, 2.05) is 19.4 Å². The highest BCUT2D eigenvalue weighted by Gasteiger charge is 2.23. The van der Waals surface area contributed by atoms with Crippen molar-refractivity contribution in [2.45, 2.75) is 58.4 Å². The lowest BCUT2D eigenvalue weighted by molar-refractivity contribution is -0.142. The largest absolute Gasteiger partial charge is 0.481 e. The highest BCUT2D eigenvalue weighted by Crippen LogP contribution is 2.32. The van der Waals surface area contributed by atoms with E-state index in [0.29, 0.717) is 25.4 Å². The van der Waals surface area contributed by atoms with Gasteiger partial charge in [0.1, 0.15) is 0 Å². The van der Waals surface area contributed by atoms with E-state index in [1.165, 1.54) is 25.7 Å². The first kappa shape index (κ1) is 17.0. The molecule has 1 aliphatic carbocycles. The Morgan fingerprint density at radius 3 is 2.73 bits per heavy atom. The summed E-state index contributed by atoms with van der Waals surface area (Å²) in [7, 11) is 0. The van der Waals surface area contributed by atoms with Crippen molar-refractivity contribution in [3.05, 3.63) is 18.2 Å². The highest BCUT2D eigenvalue weighted by atomic mass is 16.4. The number of carboxylic acids is 1. The zero-order valence-electron chi connectivity index (χ0n) is 13.7. The minimum Gasteiger partial charge on any atom is -0.481 e. The predicted molar refractivity (Wildman–Crippen MR) is 86.6 cm³/mol. The minimum atomic E-state index is -0.749. The Morgan fingerprint density at radius 1 is 1.45 bits per heavy atom. The van der Waals surface area contributed by atoms with Gasteiger partial charge in [0.05, 0.1) is 17.9 Å². The minimum absolute atomic E-state index is 0.225. The topological polar surface area (TPSA) is 81.1 Å². The second-order valence-electron chi connectivity index (χ2n) is 7.04. The molecule has 1 saturated carbocycles. The van der Waals surface area contributed by atoms with Gasteiger partial charge in [-0.25, -0.2) is 4.98 Å². The lowest BCUT2D eigenvalue weighted by atomic mass is 9.87. The molecule has 0 aromatic carbocycles. The Balaban J connectivity index is 1.96. The summed E-state index contributed by atoms with van der Waals surface area (Å²) in [4.78, 5) is 15.9. The molecule has 1 aromatic heterocycles. The molecule has 1 aromatic rings. The van der Waals surface area contributed by atoms with Crippen LogP contribution in [0.5, 0.6) is 0 Å². The maximum Gasteiger partial charge on any atom is 0.306 e. The molecule has 124 valence electrons. The molecule has 1 aliphatic rings. The van der Waals surface area contributed by atoms with E-state index < -0.39 is 11.9 Å². The fourth-order valence-corrected chi connectivity index (χ4v) is 3.33. The molecule has 3 N–H and O–H groups in total. The van der Waals surface area contributed by atoms with Crippen molar-refractivity contribution >= 4 is 5.97 Å². The van der Waals surface area contributed by atoms with Gasteiger partial charge in [0, 0.05) is 18.7 Å². The number of imidazole rings is 1. The van der Waals surface area contributed by atoms with Gasteiger partial charge in [0.25, 0.3) is 0 Å². The number of hydrogen-bond donors (Lipinski definition) is 2. The molecule has 0 unspecified atom stereocenters. The Labute approximate surface area is 132 Å². The van der Waals surface area contributed by atoms with E-state index in [2.05, 4.69) is 16.5 Å². The van der Waals surface area contributed by atoms with Crippen LogP contribution in [0.15, 0.2) is 12.5 Å². The molecule has 1 fully saturated rings. The first-order chi connectivity index (χ1) is 10.5. The van der Waals surface area contributed by atoms with Gasteiger partial charge in [-0.2, -0.15) is 0 Å². The summed E-state index contributed by atoms with van der Waals surface area (Å²) in [5, 5.41) is 9.39. The summed E-state index contributed by atoms with van der Waals surface area (Å²) in [5.41, 5.74) is 6.50. The van der Waals surface area contributed by atoms with Crippen molar-refractivity contribution in [2.24, 2.45) is 23.5 Å². The summed E-state index contributed by atoms with van der Waals surface area (Å²) in [6.45, 7) is 4.84. The van der Waals surface area contributed by atoms with Gasteiger partial charge < -0.3 is 15.4 Å². The molecule has 5 nitrogen and oxygen atoms in total. The third-order valence-corrected chi connectivity index (χ3v) is 4.96. The summed E-state index contributed by atoms with van der Waals surface area (Å²) >= 11 is 0. The molecular weight excluding hydrogens is 278 g/mol. The molecule has 5 heteroatoms. The van der Waals surface area contributed by atoms with E-state index in [1.54, 1.807) is 0 Å². The normalized spacial score (nSPS) is 24.9. The monoisotopic (exact) mass is 307 g/mol. The second-order valence-corrected chi connectivity index (χ2v) is 7.04. The Hall–Kier alpha value is -1.36. The lowest BCUT2D eigenvalue weighted by Gasteiger charge is -2.26. The molecule has 22 heavy (non-hydrogen) atoms. The third-order valence-electron chi connectivity index (χ3n) is 4.96. The number of nitrogens with two attached hydrogens (primary N) is 1. The number of aromatic nitrogens is 2. The van der Waals surface area contributed by atoms with E-state index in [-0.39, 0.29) is 5.92 Å². The number of carboxylic acid groups (broad SMARTS) is 1. The zero-order valence-corrected chi connectivity index (χ0v) is 13.7. The Morgan fingerprint density at radius 2 is 2.14 bits per heavy atom. The van der Waals surface area contributed by atoms with Gasteiger partial charge in [-0.3, -0.25) is 4.79 Å². The van der Waals surface area contributed by atoms with Crippen molar-refractivity contribution in [3.8, 4) is 0 Å². The number of rotatable bonds is 7. The maximum absolute atomic E-state index is 11.4. The zero-order chi connectivity index (χ0) is 16.1. The second kappa shape index (κ2) is 7.77. The first-order valence-electron chi connectivity index (χ1n) is 8.44. The van der Waals surface area contributed by atoms with Crippen molar-refractivity contribution in [1.29, 1.82) is 0 Å². The first-order valence-corrected chi connectivity index (χ1v) is 8.44. The van der Waals surface area contributed by atoms with Gasteiger partial charge in [0.15, 0.2) is 0 Å². The van der Waals surface area contributed by atoms with E-state index in [9.17, 15) is 9.90 Å². The van der Waals surface area contributed by atoms with Crippen LogP contribution in [0.3, 0.4) is 0 Å². The molecule has 2 rings (SSSR count). The summed E-state index contributed by atoms with van der Waals surface area (Å²) < 4.78 is 2.19. The van der Waals surface area contributed by atoms with Crippen LogP contribution in [0.4, 0.5) is 0 Å². The van der Waals surface area contributed by atoms with Crippen LogP contribution in [0, 0.1) is 17.8 Å². The quantitative estimate of drug-likeness (QED) is 0.811. The smallest absolute Gasteiger partial charge is 0.306 e. The molecule has 1 heterocycles. The number of carbonyl (C=O) groups is 1. The highest BCUT2D eigenvalue weighted by molar-refractivity contribution is 5.70. The van der Waals surface area contributed by atoms with Crippen LogP contribution in [-0.4, -0.2) is 27.2 Å². The molecule has 0 bridgehead atoms. The SMILES string of the molecule is CC1CCC(n2cnc(C[C@@H](C[C@H](C)CN)C(=O)O)c2)CC1. The van der Waals surface area contributed by atoms with Crippen LogP contribution in [-0.2, 0) is 11.2 Å². The van der Waals surface area contributed by atoms with Gasteiger partial charge in [-0.15, -0.1) is 0 Å². The van der Waals surface area contributed by atoms with E-state index in [4.69, 9.17) is 5.73 Å². The maximum atomic E-state index is 11.4. The van der Waals surface area contributed by atoms with Crippen molar-refractivity contribution in [3.63, 3.8) is 0 Å². The summed E-state index contributed by atoms with van der Waals surface area (Å²) in [5.74, 6) is -0.0916. The fourth-order valence-electron chi connectivity index (χ4n) is 3.33. The van der Waals surface area contributed by atoms with E-state index >= 15 is 0 Å². The predicted octanol–water partition coefficient (Wildman–Crippen LogP) is 2.86. The molecule has 0 radical (unpaired) electrons. The summed E-state index contributed by atoms with van der Waals surface area (Å²) in [6, 6.07) is 0.531. The van der Waals surface area contributed by atoms with Crippen molar-refractivity contribution in [1.82, 2.24) is 9.55 Å². The van der Waals surface area contributed by atoms with Crippen LogP contribution < -0.4 is 5.73 Å². The van der Waals surface area contributed by atoms with Gasteiger partial charge in [-0.05, 0) is 50.5 Å². The molecule has 0 saturated heterocycles. The molecule has 0 spiro atoms. The van der Waals surface area contributed by atoms with Crippen LogP contribution in [0.25, 0.3) is 0 Å². The molecule has 0 amide bonds. The van der Waals surface area contributed by atoms with Gasteiger partial charge in [-0.1, -0.05) is 13.8 Å². The van der Waals surface area contributed by atoms with Crippen molar-refractivity contribution < 1.29 is 9.90 Å². The van der Waals surface area contributed by atoms with E-state index in [0.717, 1.165) is 11.6 Å². The van der Waals surface area contributed by atoms with Gasteiger partial charge in [0.2, 0.25) is 0 Å². The van der Waals surface area contributed by atoms with Crippen LogP contribution in [0.2, 0.25) is 0 Å². The molecule has 2 atom stereocenters. The Kier molecular flexibility index (Phi) is 6.00. The van der Waals surface area contributed by atoms with Crippen LogP contribution >= 0.6 is 0 Å². The van der Waals surface area contributed by atoms with Crippen molar-refractivity contribution in [2.75, 3.05) is 6.54 Å². The average Bonchev–Trinajstić information content (AvgIpc) is 2.95. The fraction of sp³-hybridized carbons (Fsp3) is 0.765. The third kappa shape index (κ3) is 4.57.